The highest BCUT2D eigenvalue weighted by Crippen LogP contribution is 2.69. The molecule has 4 aliphatic rings. The molecule has 0 amide bonds. The summed E-state index contributed by atoms with van der Waals surface area (Å²) < 4.78 is 22.7. The molecule has 0 aromatic rings. The highest BCUT2D eigenvalue weighted by atomic mass is 16.6. The molecule has 0 aliphatic heterocycles. The third-order valence-electron chi connectivity index (χ3n) is 7.56. The number of carbonyl (C=O) groups is 4. The van der Waals surface area contributed by atoms with E-state index in [0.717, 1.165) is 6.42 Å². The van der Waals surface area contributed by atoms with Gasteiger partial charge in [-0.15, -0.1) is 0 Å². The van der Waals surface area contributed by atoms with Gasteiger partial charge in [0, 0.05) is 17.6 Å². The lowest BCUT2D eigenvalue weighted by molar-refractivity contribution is -0.269. The molecule has 4 aliphatic carbocycles. The van der Waals surface area contributed by atoms with Gasteiger partial charge in [0.2, 0.25) is 0 Å². The topological polar surface area (TPSA) is 105 Å². The van der Waals surface area contributed by atoms with Gasteiger partial charge in [-0.3, -0.25) is 9.59 Å². The fourth-order valence-corrected chi connectivity index (χ4v) is 7.11. The molecule has 0 aromatic carbocycles. The van der Waals surface area contributed by atoms with Crippen molar-refractivity contribution in [3.05, 3.63) is 24.3 Å². The molecule has 0 N–H and O–H groups in total. The molecule has 200 valence electrons. The fourth-order valence-electron chi connectivity index (χ4n) is 7.11. The van der Waals surface area contributed by atoms with Crippen LogP contribution in [0.4, 0.5) is 0 Å². The maximum Gasteiger partial charge on any atom is 0.333 e. The number of rotatable bonds is 10. The summed E-state index contributed by atoms with van der Waals surface area (Å²) in [5, 5.41) is 0. The van der Waals surface area contributed by atoms with Crippen LogP contribution in [0.1, 0.15) is 80.1 Å². The van der Waals surface area contributed by atoms with Crippen LogP contribution in [-0.2, 0) is 38.1 Å². The van der Waals surface area contributed by atoms with E-state index in [4.69, 9.17) is 18.9 Å². The van der Waals surface area contributed by atoms with Crippen LogP contribution >= 0.6 is 0 Å². The van der Waals surface area contributed by atoms with Crippen LogP contribution in [0.25, 0.3) is 0 Å². The molecule has 2 unspecified atom stereocenters. The lowest BCUT2D eigenvalue weighted by Crippen LogP contribution is -2.68. The van der Waals surface area contributed by atoms with Gasteiger partial charge in [0.15, 0.2) is 0 Å². The van der Waals surface area contributed by atoms with Gasteiger partial charge in [-0.2, -0.15) is 0 Å². The number of hydrogen-bond acceptors (Lipinski definition) is 8. The largest absolute Gasteiger partial charge is 0.461 e. The maximum atomic E-state index is 13.1. The molecule has 2 atom stereocenters. The second kappa shape index (κ2) is 9.67. The zero-order valence-corrected chi connectivity index (χ0v) is 22.5. The minimum Gasteiger partial charge on any atom is -0.461 e. The van der Waals surface area contributed by atoms with Crippen LogP contribution < -0.4 is 0 Å². The van der Waals surface area contributed by atoms with Gasteiger partial charge in [0.1, 0.15) is 24.4 Å². The molecule has 4 bridgehead atoms. The summed E-state index contributed by atoms with van der Waals surface area (Å²) in [6.45, 7) is 17.7. The van der Waals surface area contributed by atoms with E-state index in [1.807, 2.05) is 0 Å². The Kier molecular flexibility index (Phi) is 7.51. The van der Waals surface area contributed by atoms with Crippen molar-refractivity contribution in [3.8, 4) is 0 Å². The standard InChI is InChI=1S/C28H40O8/c1-17(2)21(29)33-9-19(5)23(31)35-27-12-25(7)11-26(8,13-27)15-28(14-25,16-27)36-24(32)20(6)10-34-22(30)18(3)4/h19-20H,1,3,9-16H2,2,4-8H3. The summed E-state index contributed by atoms with van der Waals surface area (Å²) in [7, 11) is 0. The average Bonchev–Trinajstić information content (AvgIpc) is 2.71. The third-order valence-corrected chi connectivity index (χ3v) is 7.56. The Labute approximate surface area is 213 Å². The van der Waals surface area contributed by atoms with Gasteiger partial charge in [-0.25, -0.2) is 9.59 Å². The quantitative estimate of drug-likeness (QED) is 0.244. The van der Waals surface area contributed by atoms with Crippen molar-refractivity contribution in [1.29, 1.82) is 0 Å². The summed E-state index contributed by atoms with van der Waals surface area (Å²) in [5.41, 5.74) is -1.25. The van der Waals surface area contributed by atoms with E-state index in [9.17, 15) is 19.2 Å². The van der Waals surface area contributed by atoms with Crippen LogP contribution in [-0.4, -0.2) is 48.3 Å². The molecule has 4 saturated carbocycles. The van der Waals surface area contributed by atoms with Crippen molar-refractivity contribution in [1.82, 2.24) is 0 Å². The van der Waals surface area contributed by atoms with E-state index in [0.29, 0.717) is 32.1 Å². The predicted molar refractivity (Wildman–Crippen MR) is 131 cm³/mol. The molecular formula is C28H40O8. The lowest BCUT2D eigenvalue weighted by Gasteiger charge is -2.67. The SMILES string of the molecule is C=C(C)C(=O)OCC(C)C(=O)OC12CC3(C)CC(C)(C1)CC(OC(=O)C(C)COC(=O)C(=C)C)(C3)C2. The van der Waals surface area contributed by atoms with Crippen molar-refractivity contribution >= 4 is 23.9 Å². The molecule has 8 heteroatoms. The van der Waals surface area contributed by atoms with Crippen molar-refractivity contribution in [2.24, 2.45) is 22.7 Å². The van der Waals surface area contributed by atoms with Crippen LogP contribution in [0.15, 0.2) is 24.3 Å². The first-order valence-electron chi connectivity index (χ1n) is 12.6. The van der Waals surface area contributed by atoms with E-state index in [1.165, 1.54) is 0 Å². The Hall–Kier alpha value is -2.64. The summed E-state index contributed by atoms with van der Waals surface area (Å²) in [6, 6.07) is 0. The van der Waals surface area contributed by atoms with Gasteiger partial charge in [0.05, 0.1) is 11.8 Å². The number of ether oxygens (including phenoxy) is 4. The van der Waals surface area contributed by atoms with Crippen LogP contribution in [0.5, 0.6) is 0 Å². The van der Waals surface area contributed by atoms with Gasteiger partial charge in [-0.05, 0) is 70.6 Å². The van der Waals surface area contributed by atoms with E-state index in [-0.39, 0.29) is 35.2 Å². The zero-order chi connectivity index (χ0) is 27.1. The Bertz CT molecular complexity index is 888. The van der Waals surface area contributed by atoms with E-state index in [2.05, 4.69) is 27.0 Å². The minimum absolute atomic E-state index is 0.0876. The second-order valence-electron chi connectivity index (χ2n) is 12.4. The summed E-state index contributed by atoms with van der Waals surface area (Å²) >= 11 is 0. The van der Waals surface area contributed by atoms with Crippen molar-refractivity contribution in [2.45, 2.75) is 91.3 Å². The highest BCUT2D eigenvalue weighted by molar-refractivity contribution is 5.87. The normalized spacial score (nSPS) is 33.7. The summed E-state index contributed by atoms with van der Waals surface area (Å²) in [4.78, 5) is 49.6. The number of carbonyl (C=O) groups excluding carboxylic acids is 4. The van der Waals surface area contributed by atoms with Gasteiger partial charge < -0.3 is 18.9 Å². The number of hydrogen-bond donors (Lipinski definition) is 0. The Morgan fingerprint density at radius 3 is 1.31 bits per heavy atom. The Morgan fingerprint density at radius 1 is 0.667 bits per heavy atom. The van der Waals surface area contributed by atoms with Crippen molar-refractivity contribution in [3.63, 3.8) is 0 Å². The van der Waals surface area contributed by atoms with Crippen LogP contribution in [0.3, 0.4) is 0 Å². The monoisotopic (exact) mass is 504 g/mol. The van der Waals surface area contributed by atoms with Crippen LogP contribution in [0.2, 0.25) is 0 Å². The number of esters is 4. The molecule has 0 saturated heterocycles. The van der Waals surface area contributed by atoms with Crippen molar-refractivity contribution in [2.75, 3.05) is 13.2 Å². The molecule has 0 aromatic heterocycles. The van der Waals surface area contributed by atoms with Gasteiger partial charge in [0.25, 0.3) is 0 Å². The van der Waals surface area contributed by atoms with Gasteiger partial charge in [-0.1, -0.05) is 27.0 Å². The molecule has 0 spiro atoms. The fraction of sp³-hybridized carbons (Fsp3) is 0.714. The average molecular weight is 505 g/mol. The third kappa shape index (κ3) is 6.01. The second-order valence-corrected chi connectivity index (χ2v) is 12.4. The Balaban J connectivity index is 1.72. The van der Waals surface area contributed by atoms with E-state index >= 15 is 0 Å². The summed E-state index contributed by atoms with van der Waals surface area (Å²) in [6.07, 6.45) is 4.19. The van der Waals surface area contributed by atoms with E-state index < -0.39 is 46.9 Å². The predicted octanol–water partition coefficient (Wildman–Crippen LogP) is 4.46. The zero-order valence-electron chi connectivity index (χ0n) is 22.5. The molecule has 0 heterocycles. The summed E-state index contributed by atoms with van der Waals surface area (Å²) in [5.74, 6) is -3.22. The first kappa shape index (κ1) is 27.9. The molecule has 4 rings (SSSR count). The first-order valence-corrected chi connectivity index (χ1v) is 12.6. The lowest BCUT2D eigenvalue weighted by atomic mass is 9.42. The molecular weight excluding hydrogens is 464 g/mol. The minimum atomic E-state index is -0.752. The molecule has 8 nitrogen and oxygen atoms in total. The van der Waals surface area contributed by atoms with Crippen LogP contribution in [0, 0.1) is 22.7 Å². The van der Waals surface area contributed by atoms with E-state index in [1.54, 1.807) is 27.7 Å². The Morgan fingerprint density at radius 2 is 1.00 bits per heavy atom. The molecule has 36 heavy (non-hydrogen) atoms. The van der Waals surface area contributed by atoms with Gasteiger partial charge >= 0.3 is 23.9 Å². The smallest absolute Gasteiger partial charge is 0.333 e. The van der Waals surface area contributed by atoms with Crippen molar-refractivity contribution < 1.29 is 38.1 Å². The first-order chi connectivity index (χ1) is 16.5. The maximum absolute atomic E-state index is 13.1. The molecule has 0 radical (unpaired) electrons. The molecule has 4 fully saturated rings. The highest BCUT2D eigenvalue weighted by Gasteiger charge is 2.69.